The molecule has 8 nitrogen and oxygen atoms in total. The van der Waals surface area contributed by atoms with E-state index in [9.17, 15) is 9.90 Å². The molecule has 0 bridgehead atoms. The van der Waals surface area contributed by atoms with E-state index < -0.39 is 12.1 Å². The molecule has 1 aliphatic rings. The smallest absolute Gasteiger partial charge is 0.338 e. The molecule has 190 valence electrons. The second-order valence-electron chi connectivity index (χ2n) is 7.92. The molecular weight excluding hydrogens is 483 g/mol. The van der Waals surface area contributed by atoms with E-state index in [2.05, 4.69) is 29.6 Å². The molecule has 2 unspecified atom stereocenters. The van der Waals surface area contributed by atoms with Gasteiger partial charge in [0, 0.05) is 12.0 Å². The predicted molar refractivity (Wildman–Crippen MR) is 119 cm³/mol. The number of halogens is 2. The number of aliphatic hydroxyl groups is 1. The maximum absolute atomic E-state index is 12.4. The van der Waals surface area contributed by atoms with Crippen LogP contribution in [0, 0.1) is 0 Å². The molecular formula is C24H34Cl2N2O6. The number of ether oxygens (including phenoxy) is 4. The summed E-state index contributed by atoms with van der Waals surface area (Å²) in [5, 5.41) is 12.3. The lowest BCUT2D eigenvalue weighted by molar-refractivity contribution is -0.927. The van der Waals surface area contributed by atoms with Crippen molar-refractivity contribution in [3.63, 3.8) is 0 Å². The molecule has 2 aromatic carbocycles. The van der Waals surface area contributed by atoms with Crippen LogP contribution in [0.25, 0.3) is 0 Å². The molecule has 10 heteroatoms. The lowest BCUT2D eigenvalue weighted by Crippen LogP contribution is -3.14. The van der Waals surface area contributed by atoms with Crippen LogP contribution in [-0.4, -0.2) is 71.3 Å². The summed E-state index contributed by atoms with van der Waals surface area (Å²) >= 11 is 0. The van der Waals surface area contributed by atoms with E-state index in [1.54, 1.807) is 4.90 Å². The van der Waals surface area contributed by atoms with E-state index in [0.717, 1.165) is 32.6 Å². The van der Waals surface area contributed by atoms with Gasteiger partial charge < -0.3 is 59.1 Å². The zero-order chi connectivity index (χ0) is 22.9. The summed E-state index contributed by atoms with van der Waals surface area (Å²) < 4.78 is 21.1. The molecule has 0 aromatic heterocycles. The van der Waals surface area contributed by atoms with Gasteiger partial charge in [0.05, 0.1) is 33.4 Å². The van der Waals surface area contributed by atoms with E-state index in [1.807, 2.05) is 0 Å². The van der Waals surface area contributed by atoms with E-state index in [-0.39, 0.29) is 37.0 Å². The molecule has 4 N–H and O–H groups in total. The summed E-state index contributed by atoms with van der Waals surface area (Å²) in [7, 11) is 4.46. The molecule has 2 aromatic rings. The first kappa shape index (κ1) is 29.8. The van der Waals surface area contributed by atoms with Gasteiger partial charge in [-0.15, -0.1) is 0 Å². The highest BCUT2D eigenvalue weighted by Gasteiger charge is 2.21. The van der Waals surface area contributed by atoms with Crippen LogP contribution in [0.4, 0.5) is 0 Å². The molecule has 1 heterocycles. The molecule has 34 heavy (non-hydrogen) atoms. The summed E-state index contributed by atoms with van der Waals surface area (Å²) in [5.41, 5.74) is 3.17. The minimum absolute atomic E-state index is 0. The normalized spacial score (nSPS) is 15.1. The third-order valence-corrected chi connectivity index (χ3v) is 5.75. The summed E-state index contributed by atoms with van der Waals surface area (Å²) in [5.74, 6) is 0.589. The Morgan fingerprint density at radius 1 is 1.06 bits per heavy atom. The first-order valence-electron chi connectivity index (χ1n) is 10.9. The number of carbonyl (C=O) groups is 1. The summed E-state index contributed by atoms with van der Waals surface area (Å²) in [6, 6.07) is 11.7. The van der Waals surface area contributed by atoms with Crippen molar-refractivity contribution >= 4 is 5.97 Å². The molecule has 2 atom stereocenters. The Hall–Kier alpha value is -2.23. The Balaban J connectivity index is 0.00000289. The largest absolute Gasteiger partial charge is 1.00 e. The van der Waals surface area contributed by atoms with Gasteiger partial charge >= 0.3 is 5.97 Å². The van der Waals surface area contributed by atoms with Crippen molar-refractivity contribution in [3.05, 3.63) is 53.1 Å². The Bertz CT molecular complexity index is 890. The highest BCUT2D eigenvalue weighted by Crippen LogP contribution is 2.38. The average Bonchev–Trinajstić information content (AvgIpc) is 2.83. The lowest BCUT2D eigenvalue weighted by atomic mass is 10.00. The van der Waals surface area contributed by atoms with Gasteiger partial charge in [0.2, 0.25) is 5.75 Å². The quantitative estimate of drug-likeness (QED) is 0.203. The zero-order valence-corrected chi connectivity index (χ0v) is 21.3. The van der Waals surface area contributed by atoms with Crippen LogP contribution in [-0.2, 0) is 17.7 Å². The molecule has 1 aliphatic heterocycles. The first-order chi connectivity index (χ1) is 15.5. The number of benzene rings is 2. The standard InChI is InChI=1S/C24H32N2O6.2ClH/c1-29-21-12-19(13-22(30-2)23(21)31-3)24(28)32-16-20(27)14-25-9-11-26-10-8-17-6-4-5-7-18(17)15-26;;/h4-7,12-13,20,25,27H,8-11,14-16H2,1-3H3;2*1H. The molecule has 3 rings (SSSR count). The van der Waals surface area contributed by atoms with Gasteiger partial charge in [-0.3, -0.25) is 0 Å². The SMILES string of the molecule is COc1cc(C(=O)OCC(O)C[NH2+]CC[NH+]2CCc3ccccc3C2)cc(OC)c1OC.[Cl-].[Cl-]. The van der Waals surface area contributed by atoms with E-state index >= 15 is 0 Å². The monoisotopic (exact) mass is 516 g/mol. The summed E-state index contributed by atoms with van der Waals surface area (Å²) in [6.07, 6.45) is 0.378. The third-order valence-electron chi connectivity index (χ3n) is 5.75. The predicted octanol–water partition coefficient (Wildman–Crippen LogP) is -6.56. The van der Waals surface area contributed by atoms with Crippen LogP contribution in [0.15, 0.2) is 36.4 Å². The minimum Gasteiger partial charge on any atom is -1.00 e. The topological polar surface area (TPSA) is 95.3 Å². The average molecular weight is 517 g/mol. The van der Waals surface area contributed by atoms with Crippen molar-refractivity contribution in [1.82, 2.24) is 0 Å². The van der Waals surface area contributed by atoms with Crippen LogP contribution >= 0.6 is 0 Å². The van der Waals surface area contributed by atoms with Crippen LogP contribution in [0.3, 0.4) is 0 Å². The first-order valence-corrected chi connectivity index (χ1v) is 10.9. The maximum Gasteiger partial charge on any atom is 0.338 e. The number of nitrogens with one attached hydrogen (secondary N) is 1. The fraction of sp³-hybridized carbons (Fsp3) is 0.458. The molecule has 0 amide bonds. The van der Waals surface area contributed by atoms with Crippen molar-refractivity contribution in [3.8, 4) is 17.2 Å². The van der Waals surface area contributed by atoms with Crippen molar-refractivity contribution < 1.29 is 63.9 Å². The minimum atomic E-state index is -0.738. The third kappa shape index (κ3) is 7.92. The highest BCUT2D eigenvalue weighted by molar-refractivity contribution is 5.91. The van der Waals surface area contributed by atoms with E-state index in [0.29, 0.717) is 23.8 Å². The second-order valence-corrected chi connectivity index (χ2v) is 7.92. The lowest BCUT2D eigenvalue weighted by Gasteiger charge is -2.25. The number of nitrogens with two attached hydrogens (primary N) is 1. The molecule has 0 radical (unpaired) electrons. The number of carbonyl (C=O) groups excluding carboxylic acids is 1. The molecule has 0 spiro atoms. The van der Waals surface area contributed by atoms with E-state index in [1.165, 1.54) is 44.6 Å². The Morgan fingerprint density at radius 3 is 2.32 bits per heavy atom. The number of esters is 1. The molecule has 0 saturated carbocycles. The fourth-order valence-electron chi connectivity index (χ4n) is 4.00. The van der Waals surface area contributed by atoms with Gasteiger partial charge in [-0.2, -0.15) is 0 Å². The van der Waals surface area contributed by atoms with Crippen LogP contribution in [0.2, 0.25) is 0 Å². The van der Waals surface area contributed by atoms with Crippen LogP contribution in [0.1, 0.15) is 21.5 Å². The van der Waals surface area contributed by atoms with E-state index in [4.69, 9.17) is 18.9 Å². The van der Waals surface area contributed by atoms with Crippen molar-refractivity contribution in [2.45, 2.75) is 19.1 Å². The molecule has 0 fully saturated rings. The fourth-order valence-corrected chi connectivity index (χ4v) is 4.00. The van der Waals surface area contributed by atoms with Crippen LogP contribution < -0.4 is 49.2 Å². The number of hydrogen-bond donors (Lipinski definition) is 3. The van der Waals surface area contributed by atoms with Gasteiger partial charge in [0.25, 0.3) is 0 Å². The van der Waals surface area contributed by atoms with Crippen molar-refractivity contribution in [1.29, 1.82) is 0 Å². The number of fused-ring (bicyclic) bond motifs is 1. The molecule has 0 saturated heterocycles. The van der Waals surface area contributed by atoms with Crippen molar-refractivity contribution in [2.75, 3.05) is 54.1 Å². The summed E-state index contributed by atoms with van der Waals surface area (Å²) in [6.45, 7) is 4.54. The van der Waals surface area contributed by atoms with Gasteiger partial charge in [-0.25, -0.2) is 4.79 Å². The number of methoxy groups -OCH3 is 3. The van der Waals surface area contributed by atoms with Gasteiger partial charge in [0.15, 0.2) is 11.5 Å². The molecule has 0 aliphatic carbocycles. The maximum atomic E-state index is 12.4. The van der Waals surface area contributed by atoms with Gasteiger partial charge in [-0.05, 0) is 17.7 Å². The number of rotatable bonds is 11. The van der Waals surface area contributed by atoms with Gasteiger partial charge in [0.1, 0.15) is 38.9 Å². The van der Waals surface area contributed by atoms with Gasteiger partial charge in [-0.1, -0.05) is 24.3 Å². The highest BCUT2D eigenvalue weighted by atomic mass is 35.5. The number of hydrogen-bond acceptors (Lipinski definition) is 6. The number of quaternary nitrogens is 2. The number of aliphatic hydroxyl groups excluding tert-OH is 1. The Morgan fingerprint density at radius 2 is 1.71 bits per heavy atom. The van der Waals surface area contributed by atoms with Crippen LogP contribution in [0.5, 0.6) is 17.2 Å². The second kappa shape index (κ2) is 14.9. The summed E-state index contributed by atoms with van der Waals surface area (Å²) in [4.78, 5) is 14.0. The zero-order valence-electron chi connectivity index (χ0n) is 19.8. The Kier molecular flexibility index (Phi) is 13.1. The van der Waals surface area contributed by atoms with Crippen molar-refractivity contribution in [2.24, 2.45) is 0 Å². The Labute approximate surface area is 213 Å².